The average Bonchev–Trinajstić information content (AvgIpc) is 2.28. The Kier molecular flexibility index (Phi) is 3.43. The molecule has 0 aromatic heterocycles. The van der Waals surface area contributed by atoms with Gasteiger partial charge < -0.3 is 5.32 Å². The molecule has 17 heavy (non-hydrogen) atoms. The molecule has 0 atom stereocenters. The van der Waals surface area contributed by atoms with Gasteiger partial charge >= 0.3 is 0 Å². The molecule has 2 aromatic carbocycles. The lowest BCUT2D eigenvalue weighted by atomic mass is 10.0. The summed E-state index contributed by atoms with van der Waals surface area (Å²) in [5, 5.41) is 5.26. The van der Waals surface area contributed by atoms with Crippen molar-refractivity contribution in [1.29, 1.82) is 0 Å². The quantitative estimate of drug-likeness (QED) is 0.858. The molecule has 0 aliphatic carbocycles. The van der Waals surface area contributed by atoms with E-state index in [9.17, 15) is 4.79 Å². The van der Waals surface area contributed by atoms with Gasteiger partial charge in [0, 0.05) is 6.04 Å². The van der Waals surface area contributed by atoms with Crippen LogP contribution < -0.4 is 5.32 Å². The van der Waals surface area contributed by atoms with Crippen LogP contribution >= 0.6 is 0 Å². The van der Waals surface area contributed by atoms with Crippen molar-refractivity contribution in [2.24, 2.45) is 0 Å². The van der Waals surface area contributed by atoms with E-state index in [0.29, 0.717) is 6.42 Å². The number of fused-ring (bicyclic) bond motifs is 1. The molecule has 0 unspecified atom stereocenters. The molecule has 1 N–H and O–H groups in total. The number of benzene rings is 2. The predicted molar refractivity (Wildman–Crippen MR) is 70.9 cm³/mol. The maximum absolute atomic E-state index is 11.8. The summed E-state index contributed by atoms with van der Waals surface area (Å²) in [5.41, 5.74) is 1.08. The summed E-state index contributed by atoms with van der Waals surface area (Å²) in [6.07, 6.45) is 0.444. The maximum Gasteiger partial charge on any atom is 0.224 e. The lowest BCUT2D eigenvalue weighted by molar-refractivity contribution is -0.120. The van der Waals surface area contributed by atoms with E-state index in [1.54, 1.807) is 0 Å². The second-order valence-corrected chi connectivity index (χ2v) is 4.54. The SMILES string of the molecule is CC(C)NC(=O)Cc1cccc2ccccc12. The highest BCUT2D eigenvalue weighted by Crippen LogP contribution is 2.18. The Hall–Kier alpha value is -1.83. The van der Waals surface area contributed by atoms with E-state index in [1.807, 2.05) is 38.1 Å². The second kappa shape index (κ2) is 5.00. The van der Waals surface area contributed by atoms with Gasteiger partial charge in [-0.2, -0.15) is 0 Å². The van der Waals surface area contributed by atoms with E-state index < -0.39 is 0 Å². The third-order valence-corrected chi connectivity index (χ3v) is 2.68. The third kappa shape index (κ3) is 2.84. The van der Waals surface area contributed by atoms with E-state index in [1.165, 1.54) is 5.39 Å². The van der Waals surface area contributed by atoms with E-state index >= 15 is 0 Å². The Balaban J connectivity index is 2.27. The van der Waals surface area contributed by atoms with Crippen LogP contribution in [-0.2, 0) is 11.2 Å². The minimum Gasteiger partial charge on any atom is -0.354 e. The molecule has 0 fully saturated rings. The Morgan fingerprint density at radius 1 is 1.12 bits per heavy atom. The van der Waals surface area contributed by atoms with Crippen LogP contribution in [0.3, 0.4) is 0 Å². The van der Waals surface area contributed by atoms with E-state index in [0.717, 1.165) is 10.9 Å². The minimum absolute atomic E-state index is 0.0800. The van der Waals surface area contributed by atoms with Gasteiger partial charge in [0.15, 0.2) is 0 Å². The van der Waals surface area contributed by atoms with Crippen LogP contribution in [0.5, 0.6) is 0 Å². The van der Waals surface area contributed by atoms with Crippen molar-refractivity contribution >= 4 is 16.7 Å². The zero-order valence-corrected chi connectivity index (χ0v) is 10.2. The van der Waals surface area contributed by atoms with Crippen molar-refractivity contribution in [2.45, 2.75) is 26.3 Å². The van der Waals surface area contributed by atoms with Gasteiger partial charge in [-0.05, 0) is 30.2 Å². The van der Waals surface area contributed by atoms with Crippen LogP contribution in [0.15, 0.2) is 42.5 Å². The molecule has 0 spiro atoms. The zero-order chi connectivity index (χ0) is 12.3. The first kappa shape index (κ1) is 11.6. The van der Waals surface area contributed by atoms with E-state index in [4.69, 9.17) is 0 Å². The van der Waals surface area contributed by atoms with Crippen LogP contribution in [0.2, 0.25) is 0 Å². The topological polar surface area (TPSA) is 29.1 Å². The van der Waals surface area contributed by atoms with Crippen LogP contribution in [0.1, 0.15) is 19.4 Å². The molecule has 0 saturated carbocycles. The molecule has 0 radical (unpaired) electrons. The fraction of sp³-hybridized carbons (Fsp3) is 0.267. The zero-order valence-electron chi connectivity index (χ0n) is 10.2. The number of nitrogens with one attached hydrogen (secondary N) is 1. The summed E-state index contributed by atoms with van der Waals surface area (Å²) in [6, 6.07) is 14.4. The van der Waals surface area contributed by atoms with Gasteiger partial charge in [0.1, 0.15) is 0 Å². The maximum atomic E-state index is 11.8. The summed E-state index contributed by atoms with van der Waals surface area (Å²) in [6.45, 7) is 3.95. The minimum atomic E-state index is 0.0800. The lowest BCUT2D eigenvalue weighted by Crippen LogP contribution is -2.31. The normalized spacial score (nSPS) is 10.8. The van der Waals surface area contributed by atoms with Gasteiger partial charge in [0.2, 0.25) is 5.91 Å². The number of carbonyl (C=O) groups excluding carboxylic acids is 1. The molecule has 2 aromatic rings. The number of hydrogen-bond acceptors (Lipinski definition) is 1. The van der Waals surface area contributed by atoms with Gasteiger partial charge in [-0.25, -0.2) is 0 Å². The standard InChI is InChI=1S/C15H17NO/c1-11(2)16-15(17)10-13-8-5-7-12-6-3-4-9-14(12)13/h3-9,11H,10H2,1-2H3,(H,16,17). The first-order valence-electron chi connectivity index (χ1n) is 5.93. The van der Waals surface area contributed by atoms with Crippen molar-refractivity contribution < 1.29 is 4.79 Å². The molecule has 0 saturated heterocycles. The smallest absolute Gasteiger partial charge is 0.224 e. The Labute approximate surface area is 102 Å². The van der Waals surface area contributed by atoms with Gasteiger partial charge in [-0.15, -0.1) is 0 Å². The molecule has 0 aliphatic rings. The Morgan fingerprint density at radius 2 is 1.82 bits per heavy atom. The van der Waals surface area contributed by atoms with Crippen molar-refractivity contribution in [3.8, 4) is 0 Å². The summed E-state index contributed by atoms with van der Waals surface area (Å²) in [4.78, 5) is 11.8. The molecule has 0 aliphatic heterocycles. The molecule has 2 nitrogen and oxygen atoms in total. The number of carbonyl (C=O) groups is 1. The molecule has 0 bridgehead atoms. The van der Waals surface area contributed by atoms with Crippen molar-refractivity contribution in [3.05, 3.63) is 48.0 Å². The number of amides is 1. The summed E-state index contributed by atoms with van der Waals surface area (Å²) >= 11 is 0. The molecule has 2 rings (SSSR count). The van der Waals surface area contributed by atoms with Crippen molar-refractivity contribution in [3.63, 3.8) is 0 Å². The molecule has 0 heterocycles. The molecular weight excluding hydrogens is 210 g/mol. The monoisotopic (exact) mass is 227 g/mol. The fourth-order valence-corrected chi connectivity index (χ4v) is 1.99. The summed E-state index contributed by atoms with van der Waals surface area (Å²) in [5.74, 6) is 0.0800. The highest BCUT2D eigenvalue weighted by molar-refractivity contribution is 5.90. The summed E-state index contributed by atoms with van der Waals surface area (Å²) < 4.78 is 0. The molecular formula is C15H17NO. The first-order valence-corrected chi connectivity index (χ1v) is 5.93. The van der Waals surface area contributed by atoms with Crippen molar-refractivity contribution in [1.82, 2.24) is 5.32 Å². The van der Waals surface area contributed by atoms with E-state index in [-0.39, 0.29) is 11.9 Å². The highest BCUT2D eigenvalue weighted by Gasteiger charge is 2.07. The molecule has 1 amide bonds. The van der Waals surface area contributed by atoms with Gasteiger partial charge in [0.25, 0.3) is 0 Å². The second-order valence-electron chi connectivity index (χ2n) is 4.54. The number of hydrogen-bond donors (Lipinski definition) is 1. The van der Waals surface area contributed by atoms with Crippen LogP contribution in [0.25, 0.3) is 10.8 Å². The lowest BCUT2D eigenvalue weighted by Gasteiger charge is -2.10. The fourth-order valence-electron chi connectivity index (χ4n) is 1.99. The molecule has 2 heteroatoms. The Morgan fingerprint density at radius 3 is 2.59 bits per heavy atom. The predicted octanol–water partition coefficient (Wildman–Crippen LogP) is 2.91. The largest absolute Gasteiger partial charge is 0.354 e. The average molecular weight is 227 g/mol. The van der Waals surface area contributed by atoms with Gasteiger partial charge in [-0.3, -0.25) is 4.79 Å². The van der Waals surface area contributed by atoms with Crippen molar-refractivity contribution in [2.75, 3.05) is 0 Å². The van der Waals surface area contributed by atoms with E-state index in [2.05, 4.69) is 23.5 Å². The van der Waals surface area contributed by atoms with Crippen LogP contribution in [-0.4, -0.2) is 11.9 Å². The van der Waals surface area contributed by atoms with Crippen LogP contribution in [0, 0.1) is 0 Å². The first-order chi connectivity index (χ1) is 8.16. The highest BCUT2D eigenvalue weighted by atomic mass is 16.1. The van der Waals surface area contributed by atoms with Gasteiger partial charge in [0.05, 0.1) is 6.42 Å². The van der Waals surface area contributed by atoms with Gasteiger partial charge in [-0.1, -0.05) is 42.5 Å². The summed E-state index contributed by atoms with van der Waals surface area (Å²) in [7, 11) is 0. The third-order valence-electron chi connectivity index (χ3n) is 2.68. The molecule has 88 valence electrons. The Bertz CT molecular complexity index is 526. The van der Waals surface area contributed by atoms with Crippen LogP contribution in [0.4, 0.5) is 0 Å². The number of rotatable bonds is 3.